The molecular formula is C27H25N9O2. The third-order valence-electron chi connectivity index (χ3n) is 5.87. The van der Waals surface area contributed by atoms with Gasteiger partial charge in [-0.25, -0.2) is 19.9 Å². The minimum atomic E-state index is -0.987. The van der Waals surface area contributed by atoms with E-state index in [4.69, 9.17) is 5.73 Å². The van der Waals surface area contributed by atoms with E-state index in [9.17, 15) is 9.59 Å². The van der Waals surface area contributed by atoms with Crippen molar-refractivity contribution in [1.29, 1.82) is 0 Å². The second-order valence-corrected chi connectivity index (χ2v) is 8.40. The van der Waals surface area contributed by atoms with E-state index in [1.807, 2.05) is 47.4 Å². The van der Waals surface area contributed by atoms with Gasteiger partial charge in [0.25, 0.3) is 5.91 Å². The van der Waals surface area contributed by atoms with E-state index in [1.54, 1.807) is 49.8 Å². The van der Waals surface area contributed by atoms with Crippen LogP contribution in [0.5, 0.6) is 0 Å². The van der Waals surface area contributed by atoms with Crippen LogP contribution in [0.3, 0.4) is 0 Å². The number of nitrogens with two attached hydrogens (primary N) is 1. The lowest BCUT2D eigenvalue weighted by Gasteiger charge is -2.27. The first-order chi connectivity index (χ1) is 18.5. The van der Waals surface area contributed by atoms with Crippen LogP contribution in [0.25, 0.3) is 22.6 Å². The summed E-state index contributed by atoms with van der Waals surface area (Å²) in [6, 6.07) is 20.8. The number of para-hydroxylation sites is 1. The highest BCUT2D eigenvalue weighted by molar-refractivity contribution is 6.00. The first kappa shape index (κ1) is 24.4. The molecule has 0 aliphatic rings. The lowest BCUT2D eigenvalue weighted by atomic mass is 10.1. The number of nitrogens with one attached hydrogen (secondary N) is 3. The fourth-order valence-electron chi connectivity index (χ4n) is 3.97. The second-order valence-electron chi connectivity index (χ2n) is 8.40. The number of nitrogens with zero attached hydrogens (tertiary/aromatic N) is 5. The molecule has 0 saturated heterocycles. The van der Waals surface area contributed by atoms with Gasteiger partial charge < -0.3 is 26.3 Å². The number of rotatable bonds is 9. The highest BCUT2D eigenvalue weighted by Crippen LogP contribution is 2.24. The van der Waals surface area contributed by atoms with Crippen molar-refractivity contribution in [3.63, 3.8) is 0 Å². The number of aromatic nitrogens is 5. The summed E-state index contributed by atoms with van der Waals surface area (Å²) in [4.78, 5) is 48.1. The number of fused-ring (bicyclic) bond motifs is 1. The van der Waals surface area contributed by atoms with Gasteiger partial charge in [0, 0.05) is 30.7 Å². The normalized spacial score (nSPS) is 11.6. The van der Waals surface area contributed by atoms with Gasteiger partial charge in [0.15, 0.2) is 5.82 Å². The zero-order valence-corrected chi connectivity index (χ0v) is 20.5. The maximum atomic E-state index is 13.2. The Morgan fingerprint density at radius 1 is 0.974 bits per heavy atom. The SMILES string of the molecule is CNc1nccc(-c2nc3ccc(C(=O)NC(CN(c4ccccc4)c4ccccn4)C(N)=O)cc3[nH]2)n1. The molecule has 3 aromatic heterocycles. The van der Waals surface area contributed by atoms with Crippen LogP contribution >= 0.6 is 0 Å². The molecule has 11 nitrogen and oxygen atoms in total. The topological polar surface area (TPSA) is 155 Å². The Morgan fingerprint density at radius 2 is 1.79 bits per heavy atom. The molecule has 5 aromatic rings. The Hall–Kier alpha value is -5.32. The summed E-state index contributed by atoms with van der Waals surface area (Å²) in [6.45, 7) is 0.0973. The molecule has 5 N–H and O–H groups in total. The minimum Gasteiger partial charge on any atom is -0.368 e. The van der Waals surface area contributed by atoms with Crippen LogP contribution in [0.2, 0.25) is 0 Å². The van der Waals surface area contributed by atoms with Crippen LogP contribution in [0, 0.1) is 0 Å². The molecular weight excluding hydrogens is 482 g/mol. The van der Waals surface area contributed by atoms with Crippen molar-refractivity contribution < 1.29 is 9.59 Å². The number of hydrogen-bond acceptors (Lipinski definition) is 8. The van der Waals surface area contributed by atoms with E-state index < -0.39 is 17.9 Å². The molecule has 0 aliphatic heterocycles. The van der Waals surface area contributed by atoms with Gasteiger partial charge in [-0.05, 0) is 48.5 Å². The predicted octanol–water partition coefficient (Wildman–Crippen LogP) is 2.88. The zero-order valence-electron chi connectivity index (χ0n) is 20.5. The smallest absolute Gasteiger partial charge is 0.252 e. The van der Waals surface area contributed by atoms with Gasteiger partial charge in [0.2, 0.25) is 11.9 Å². The minimum absolute atomic E-state index is 0.0973. The van der Waals surface area contributed by atoms with E-state index in [-0.39, 0.29) is 6.54 Å². The molecule has 0 spiro atoms. The highest BCUT2D eigenvalue weighted by atomic mass is 16.2. The van der Waals surface area contributed by atoms with Gasteiger partial charge in [-0.15, -0.1) is 0 Å². The molecule has 0 aliphatic carbocycles. The molecule has 38 heavy (non-hydrogen) atoms. The summed E-state index contributed by atoms with van der Waals surface area (Å²) >= 11 is 0. The molecule has 1 unspecified atom stereocenters. The van der Waals surface area contributed by atoms with Crippen molar-refractivity contribution in [2.45, 2.75) is 6.04 Å². The summed E-state index contributed by atoms with van der Waals surface area (Å²) in [7, 11) is 1.73. The first-order valence-corrected chi connectivity index (χ1v) is 11.9. The van der Waals surface area contributed by atoms with Crippen LogP contribution in [-0.2, 0) is 4.79 Å². The number of carbonyl (C=O) groups excluding carboxylic acids is 2. The standard InChI is InChI=1S/C27H25N9O2/c1-29-27-31-14-12-20(35-27)25-32-19-11-10-17(15-21(19)33-25)26(38)34-22(24(28)37)16-36(18-7-3-2-4-8-18)23-9-5-6-13-30-23/h2-15,22H,16H2,1H3,(H2,28,37)(H,32,33)(H,34,38)(H,29,31,35). The molecule has 190 valence electrons. The van der Waals surface area contributed by atoms with Gasteiger partial charge in [0.1, 0.15) is 17.6 Å². The summed E-state index contributed by atoms with van der Waals surface area (Å²) < 4.78 is 0. The van der Waals surface area contributed by atoms with Crippen molar-refractivity contribution in [2.75, 3.05) is 23.8 Å². The number of hydrogen-bond donors (Lipinski definition) is 4. The number of aromatic amines is 1. The quantitative estimate of drug-likeness (QED) is 0.237. The molecule has 2 amide bonds. The number of imidazole rings is 1. The summed E-state index contributed by atoms with van der Waals surface area (Å²) in [5.74, 6) is 0.525. The molecule has 3 heterocycles. The number of benzene rings is 2. The zero-order chi connectivity index (χ0) is 26.5. The lowest BCUT2D eigenvalue weighted by molar-refractivity contribution is -0.119. The van der Waals surface area contributed by atoms with Crippen LogP contribution in [0.1, 0.15) is 10.4 Å². The fourth-order valence-corrected chi connectivity index (χ4v) is 3.97. The van der Waals surface area contributed by atoms with Gasteiger partial charge in [-0.1, -0.05) is 24.3 Å². The Morgan fingerprint density at radius 3 is 2.53 bits per heavy atom. The van der Waals surface area contributed by atoms with E-state index in [0.717, 1.165) is 5.69 Å². The summed E-state index contributed by atoms with van der Waals surface area (Å²) in [5.41, 5.74) is 8.79. The van der Waals surface area contributed by atoms with Gasteiger partial charge >= 0.3 is 0 Å². The third kappa shape index (κ3) is 5.26. The third-order valence-corrected chi connectivity index (χ3v) is 5.87. The number of H-pyrrole nitrogens is 1. The largest absolute Gasteiger partial charge is 0.368 e. The van der Waals surface area contributed by atoms with E-state index in [0.29, 0.717) is 39.9 Å². The molecule has 5 rings (SSSR count). The number of anilines is 3. The molecule has 0 bridgehead atoms. The van der Waals surface area contributed by atoms with E-state index >= 15 is 0 Å². The molecule has 0 fully saturated rings. The van der Waals surface area contributed by atoms with Crippen molar-refractivity contribution >= 4 is 40.3 Å². The Bertz CT molecular complexity index is 1530. The monoisotopic (exact) mass is 507 g/mol. The average Bonchev–Trinajstić information content (AvgIpc) is 3.39. The fraction of sp³-hybridized carbons (Fsp3) is 0.111. The molecule has 11 heteroatoms. The van der Waals surface area contributed by atoms with Gasteiger partial charge in [0.05, 0.1) is 17.6 Å². The Kier molecular flexibility index (Phi) is 6.89. The molecule has 1 atom stereocenters. The van der Waals surface area contributed by atoms with Crippen LogP contribution in [0.4, 0.5) is 17.5 Å². The second kappa shape index (κ2) is 10.7. The Balaban J connectivity index is 1.38. The van der Waals surface area contributed by atoms with E-state index in [2.05, 4.69) is 35.6 Å². The average molecular weight is 508 g/mol. The number of primary amides is 1. The van der Waals surface area contributed by atoms with Gasteiger partial charge in [-0.2, -0.15) is 0 Å². The molecule has 2 aromatic carbocycles. The van der Waals surface area contributed by atoms with Crippen molar-refractivity contribution in [3.8, 4) is 11.5 Å². The molecule has 0 saturated carbocycles. The van der Waals surface area contributed by atoms with Crippen molar-refractivity contribution in [2.24, 2.45) is 5.73 Å². The van der Waals surface area contributed by atoms with E-state index in [1.165, 1.54) is 0 Å². The van der Waals surface area contributed by atoms with Crippen molar-refractivity contribution in [3.05, 3.63) is 90.8 Å². The van der Waals surface area contributed by atoms with Gasteiger partial charge in [-0.3, -0.25) is 9.59 Å². The Labute approximate surface area is 218 Å². The highest BCUT2D eigenvalue weighted by Gasteiger charge is 2.24. The van der Waals surface area contributed by atoms with Crippen LogP contribution in [0.15, 0.2) is 85.2 Å². The number of carbonyl (C=O) groups is 2. The van der Waals surface area contributed by atoms with Crippen molar-refractivity contribution in [1.82, 2.24) is 30.2 Å². The lowest BCUT2D eigenvalue weighted by Crippen LogP contribution is -2.50. The summed E-state index contributed by atoms with van der Waals surface area (Å²) in [6.07, 6.45) is 3.30. The molecule has 0 radical (unpaired) electrons. The first-order valence-electron chi connectivity index (χ1n) is 11.9. The number of pyridine rings is 1. The van der Waals surface area contributed by atoms with Crippen LogP contribution < -0.4 is 21.3 Å². The summed E-state index contributed by atoms with van der Waals surface area (Å²) in [5, 5.41) is 5.67. The predicted molar refractivity (Wildman–Crippen MR) is 145 cm³/mol. The maximum Gasteiger partial charge on any atom is 0.252 e. The number of amides is 2. The van der Waals surface area contributed by atoms with Crippen LogP contribution in [-0.4, -0.2) is 56.4 Å². The maximum absolute atomic E-state index is 13.2.